The van der Waals surface area contributed by atoms with Crippen molar-refractivity contribution in [2.24, 2.45) is 16.7 Å². The first-order valence-electron chi connectivity index (χ1n) is 6.95. The van der Waals surface area contributed by atoms with Crippen LogP contribution in [-0.2, 0) is 0 Å². The molecular weight excluding hydrogens is 242 g/mol. The zero-order chi connectivity index (χ0) is 13.0. The number of halogens is 1. The molecule has 18 heavy (non-hydrogen) atoms. The molecule has 1 nitrogen and oxygen atoms in total. The van der Waals surface area contributed by atoms with Crippen LogP contribution in [0.1, 0.15) is 40.0 Å². The van der Waals surface area contributed by atoms with Gasteiger partial charge in [0.1, 0.15) is 0 Å². The van der Waals surface area contributed by atoms with Gasteiger partial charge in [0, 0.05) is 16.8 Å². The highest BCUT2D eigenvalue weighted by Gasteiger charge is 2.61. The van der Waals surface area contributed by atoms with Crippen LogP contribution in [0.4, 0.5) is 5.69 Å². The van der Waals surface area contributed by atoms with Gasteiger partial charge in [-0.1, -0.05) is 32.4 Å². The van der Waals surface area contributed by atoms with Crippen molar-refractivity contribution >= 4 is 17.3 Å². The van der Waals surface area contributed by atoms with E-state index in [9.17, 15) is 0 Å². The number of hydrogen-bond acceptors (Lipinski definition) is 1. The summed E-state index contributed by atoms with van der Waals surface area (Å²) in [7, 11) is 0. The Morgan fingerprint density at radius 2 is 1.83 bits per heavy atom. The monoisotopic (exact) mass is 263 g/mol. The topological polar surface area (TPSA) is 12.0 Å². The number of anilines is 1. The lowest BCUT2D eigenvalue weighted by molar-refractivity contribution is 0.142. The standard InChI is InChI=1S/C16H22ClN/c1-15(2)11-8-9-16(15,3)14(10-11)18-13-6-4-12(17)5-7-13/h4-7,11,14,18H,8-10H2,1-3H3. The van der Waals surface area contributed by atoms with E-state index in [0.717, 1.165) is 10.9 Å². The molecule has 2 fully saturated rings. The van der Waals surface area contributed by atoms with E-state index in [2.05, 4.69) is 38.2 Å². The molecule has 98 valence electrons. The molecule has 2 aliphatic carbocycles. The Bertz CT molecular complexity index is 451. The van der Waals surface area contributed by atoms with Crippen molar-refractivity contribution in [2.75, 3.05) is 5.32 Å². The molecule has 0 spiro atoms. The number of benzene rings is 1. The van der Waals surface area contributed by atoms with Crippen LogP contribution in [0.2, 0.25) is 5.02 Å². The van der Waals surface area contributed by atoms with Crippen molar-refractivity contribution < 1.29 is 0 Å². The molecule has 1 aromatic carbocycles. The Balaban J connectivity index is 1.81. The van der Waals surface area contributed by atoms with Gasteiger partial charge in [-0.3, -0.25) is 0 Å². The summed E-state index contributed by atoms with van der Waals surface area (Å²) in [5.74, 6) is 0.882. The fraction of sp³-hybridized carbons (Fsp3) is 0.625. The molecule has 0 amide bonds. The highest BCUT2D eigenvalue weighted by atomic mass is 35.5. The SMILES string of the molecule is CC1(C)C2CCC1(C)C(Nc1ccc(Cl)cc1)C2. The minimum absolute atomic E-state index is 0.428. The summed E-state index contributed by atoms with van der Waals surface area (Å²) in [4.78, 5) is 0. The fourth-order valence-electron chi connectivity index (χ4n) is 4.17. The van der Waals surface area contributed by atoms with Crippen LogP contribution in [0.25, 0.3) is 0 Å². The summed E-state index contributed by atoms with van der Waals surface area (Å²) in [6.45, 7) is 7.37. The molecular formula is C16H22ClN. The summed E-state index contributed by atoms with van der Waals surface area (Å²) < 4.78 is 0. The van der Waals surface area contributed by atoms with Crippen molar-refractivity contribution in [1.82, 2.24) is 0 Å². The molecule has 0 heterocycles. The molecule has 0 aromatic heterocycles. The fourth-order valence-corrected chi connectivity index (χ4v) is 4.30. The lowest BCUT2D eigenvalue weighted by Gasteiger charge is -2.40. The first-order chi connectivity index (χ1) is 8.43. The average Bonchev–Trinajstić information content (AvgIpc) is 2.65. The van der Waals surface area contributed by atoms with Gasteiger partial charge in [-0.2, -0.15) is 0 Å². The summed E-state index contributed by atoms with van der Waals surface area (Å²) in [6.07, 6.45) is 4.07. The van der Waals surface area contributed by atoms with Crippen LogP contribution in [0.5, 0.6) is 0 Å². The zero-order valence-corrected chi connectivity index (χ0v) is 12.2. The number of rotatable bonds is 2. The molecule has 3 rings (SSSR count). The second-order valence-electron chi connectivity index (χ2n) is 6.81. The number of hydrogen-bond donors (Lipinski definition) is 1. The van der Waals surface area contributed by atoms with E-state index >= 15 is 0 Å². The van der Waals surface area contributed by atoms with Crippen molar-refractivity contribution in [1.29, 1.82) is 0 Å². The smallest absolute Gasteiger partial charge is 0.0407 e. The zero-order valence-electron chi connectivity index (χ0n) is 11.5. The molecule has 1 aromatic rings. The molecule has 3 unspecified atom stereocenters. The molecule has 2 aliphatic rings. The average molecular weight is 264 g/mol. The Kier molecular flexibility index (Phi) is 2.68. The number of fused-ring (bicyclic) bond motifs is 2. The van der Waals surface area contributed by atoms with Crippen molar-refractivity contribution in [2.45, 2.75) is 46.1 Å². The Morgan fingerprint density at radius 3 is 2.33 bits per heavy atom. The molecule has 3 atom stereocenters. The molecule has 0 aliphatic heterocycles. The van der Waals surface area contributed by atoms with Crippen LogP contribution in [0.3, 0.4) is 0 Å². The van der Waals surface area contributed by atoms with Crippen LogP contribution in [0.15, 0.2) is 24.3 Å². The van der Waals surface area contributed by atoms with Gasteiger partial charge in [0.15, 0.2) is 0 Å². The van der Waals surface area contributed by atoms with Crippen LogP contribution >= 0.6 is 11.6 Å². The maximum atomic E-state index is 5.94. The predicted octanol–water partition coefficient (Wildman–Crippen LogP) is 4.97. The molecule has 0 saturated heterocycles. The maximum absolute atomic E-state index is 5.94. The van der Waals surface area contributed by atoms with Gasteiger partial charge in [0.25, 0.3) is 0 Å². The second kappa shape index (κ2) is 3.90. The van der Waals surface area contributed by atoms with Crippen molar-refractivity contribution in [3.05, 3.63) is 29.3 Å². The van der Waals surface area contributed by atoms with E-state index in [1.54, 1.807) is 0 Å². The lowest BCUT2D eigenvalue weighted by Crippen LogP contribution is -2.40. The molecule has 1 N–H and O–H groups in total. The molecule has 2 saturated carbocycles. The van der Waals surface area contributed by atoms with Gasteiger partial charge in [-0.25, -0.2) is 0 Å². The van der Waals surface area contributed by atoms with Crippen molar-refractivity contribution in [3.63, 3.8) is 0 Å². The normalized spacial score (nSPS) is 36.9. The second-order valence-corrected chi connectivity index (χ2v) is 7.25. The van der Waals surface area contributed by atoms with Gasteiger partial charge in [0.05, 0.1) is 0 Å². The third-order valence-corrected chi connectivity index (χ3v) is 6.23. The van der Waals surface area contributed by atoms with Gasteiger partial charge >= 0.3 is 0 Å². The first kappa shape index (κ1) is 12.3. The summed E-state index contributed by atoms with van der Waals surface area (Å²) in [5, 5.41) is 4.54. The summed E-state index contributed by atoms with van der Waals surface area (Å²) in [6, 6.07) is 8.71. The molecule has 2 bridgehead atoms. The quantitative estimate of drug-likeness (QED) is 0.795. The molecule has 0 radical (unpaired) electrons. The minimum atomic E-state index is 0.428. The third kappa shape index (κ3) is 1.60. The highest BCUT2D eigenvalue weighted by Crippen LogP contribution is 2.65. The lowest BCUT2D eigenvalue weighted by atomic mass is 9.69. The van der Waals surface area contributed by atoms with Crippen LogP contribution < -0.4 is 5.32 Å². The van der Waals surface area contributed by atoms with Crippen LogP contribution in [-0.4, -0.2) is 6.04 Å². The van der Waals surface area contributed by atoms with E-state index in [4.69, 9.17) is 11.6 Å². The number of nitrogens with one attached hydrogen (secondary N) is 1. The minimum Gasteiger partial charge on any atom is -0.382 e. The first-order valence-corrected chi connectivity index (χ1v) is 7.33. The van der Waals surface area contributed by atoms with E-state index in [1.807, 2.05) is 12.1 Å². The Labute approximate surface area is 115 Å². The summed E-state index contributed by atoms with van der Waals surface area (Å²) >= 11 is 5.94. The van der Waals surface area contributed by atoms with E-state index in [0.29, 0.717) is 16.9 Å². The molecule has 2 heteroatoms. The van der Waals surface area contributed by atoms with E-state index < -0.39 is 0 Å². The Hall–Kier alpha value is -0.690. The Morgan fingerprint density at radius 1 is 1.17 bits per heavy atom. The maximum Gasteiger partial charge on any atom is 0.0407 e. The van der Waals surface area contributed by atoms with Gasteiger partial charge < -0.3 is 5.32 Å². The third-order valence-electron chi connectivity index (χ3n) is 5.98. The van der Waals surface area contributed by atoms with Gasteiger partial charge in [-0.05, 0) is 60.3 Å². The van der Waals surface area contributed by atoms with Crippen LogP contribution in [0, 0.1) is 16.7 Å². The van der Waals surface area contributed by atoms with E-state index in [1.165, 1.54) is 24.9 Å². The highest BCUT2D eigenvalue weighted by molar-refractivity contribution is 6.30. The predicted molar refractivity (Wildman–Crippen MR) is 78.1 cm³/mol. The largest absolute Gasteiger partial charge is 0.382 e. The summed E-state index contributed by atoms with van der Waals surface area (Å²) in [5.41, 5.74) is 2.10. The van der Waals surface area contributed by atoms with Gasteiger partial charge in [-0.15, -0.1) is 0 Å². The van der Waals surface area contributed by atoms with Crippen molar-refractivity contribution in [3.8, 4) is 0 Å². The van der Waals surface area contributed by atoms with E-state index in [-0.39, 0.29) is 0 Å². The van der Waals surface area contributed by atoms with Gasteiger partial charge in [0.2, 0.25) is 0 Å².